The van der Waals surface area contributed by atoms with E-state index in [0.717, 1.165) is 19.4 Å². The normalized spacial score (nSPS) is 15.8. The Hall–Kier alpha value is -2.42. The Labute approximate surface area is 218 Å². The number of alkyl halides is 1. The summed E-state index contributed by atoms with van der Waals surface area (Å²) in [6, 6.07) is 0.870. The molecule has 1 heterocycles. The number of aliphatic hydroxyl groups is 1. The van der Waals surface area contributed by atoms with E-state index in [9.17, 15) is 28.8 Å². The molecule has 38 heavy (non-hydrogen) atoms. The van der Waals surface area contributed by atoms with Crippen molar-refractivity contribution in [1.29, 1.82) is 0 Å². The largest absolute Gasteiger partial charge is 0.480 e. The minimum absolute atomic E-state index is 0.411. The number of phosphoric ester groups is 1. The highest BCUT2D eigenvalue weighted by atomic mass is 31.2. The Balaban J connectivity index is 3.06. The molecule has 0 aromatic carbocycles. The van der Waals surface area contributed by atoms with Crippen molar-refractivity contribution < 1.29 is 51.4 Å². The van der Waals surface area contributed by atoms with Crippen LogP contribution in [0.4, 0.5) is 4.39 Å². The number of carbonyl (C=O) groups excluding carboxylic acids is 2. The zero-order valence-corrected chi connectivity index (χ0v) is 23.5. The molecular formula is C22H36FN2O12P. The highest BCUT2D eigenvalue weighted by Crippen LogP contribution is 2.50. The molecular weight excluding hydrogens is 534 g/mol. The first-order valence-corrected chi connectivity index (χ1v) is 12.8. The molecule has 0 aliphatic heterocycles. The lowest BCUT2D eigenvalue weighted by Gasteiger charge is -2.35. The third-order valence-electron chi connectivity index (χ3n) is 5.01. The summed E-state index contributed by atoms with van der Waals surface area (Å²) in [5.74, 6) is -1.40. The molecule has 0 aliphatic rings. The van der Waals surface area contributed by atoms with Gasteiger partial charge in [0.15, 0.2) is 0 Å². The highest BCUT2D eigenvalue weighted by Gasteiger charge is 2.43. The van der Waals surface area contributed by atoms with Crippen LogP contribution in [-0.2, 0) is 41.9 Å². The monoisotopic (exact) mass is 570 g/mol. The first-order chi connectivity index (χ1) is 17.3. The van der Waals surface area contributed by atoms with Crippen LogP contribution >= 0.6 is 7.82 Å². The number of methoxy groups -OCH3 is 1. The van der Waals surface area contributed by atoms with Crippen molar-refractivity contribution in [3.05, 3.63) is 33.1 Å². The van der Waals surface area contributed by atoms with Gasteiger partial charge in [-0.1, -0.05) is 0 Å². The van der Waals surface area contributed by atoms with Crippen molar-refractivity contribution in [3.63, 3.8) is 0 Å². The molecule has 16 heteroatoms. The third kappa shape index (κ3) is 9.71. The molecule has 0 bridgehead atoms. The van der Waals surface area contributed by atoms with Gasteiger partial charge in [0.2, 0.25) is 19.9 Å². The van der Waals surface area contributed by atoms with Gasteiger partial charge in [-0.2, -0.15) is 0 Å². The maximum Gasteiger partial charge on any atom is 0.480 e. The number of aromatic nitrogens is 2. The van der Waals surface area contributed by atoms with Gasteiger partial charge in [-0.25, -0.2) is 22.8 Å². The summed E-state index contributed by atoms with van der Waals surface area (Å²) in [6.45, 7) is 7.98. The van der Waals surface area contributed by atoms with Crippen molar-refractivity contribution in [3.8, 4) is 0 Å². The third-order valence-corrected chi connectivity index (χ3v) is 6.29. The van der Waals surface area contributed by atoms with Crippen LogP contribution in [0.25, 0.3) is 0 Å². The van der Waals surface area contributed by atoms with Crippen molar-refractivity contribution in [1.82, 2.24) is 9.55 Å². The number of ether oxygens (including phenoxy) is 3. The van der Waals surface area contributed by atoms with Crippen LogP contribution in [0.3, 0.4) is 0 Å². The molecule has 1 aromatic rings. The molecule has 0 radical (unpaired) electrons. The Kier molecular flexibility index (Phi) is 11.6. The predicted octanol–water partition coefficient (Wildman–Crippen LogP) is 2.02. The zero-order valence-electron chi connectivity index (χ0n) is 22.6. The number of nitrogens with one attached hydrogen (secondary N) is 1. The molecule has 218 valence electrons. The summed E-state index contributed by atoms with van der Waals surface area (Å²) in [5.41, 5.74) is -5.71. The second-order valence-electron chi connectivity index (χ2n) is 10.4. The van der Waals surface area contributed by atoms with Gasteiger partial charge in [0.25, 0.3) is 5.56 Å². The second-order valence-corrected chi connectivity index (χ2v) is 12.1. The van der Waals surface area contributed by atoms with Crippen LogP contribution in [0.1, 0.15) is 54.8 Å². The minimum Gasteiger partial charge on any atom is -0.437 e. The quantitative estimate of drug-likeness (QED) is 0.200. The summed E-state index contributed by atoms with van der Waals surface area (Å²) in [5, 5.41) is 10.6. The number of esters is 2. The van der Waals surface area contributed by atoms with Crippen molar-refractivity contribution in [2.75, 3.05) is 27.3 Å². The van der Waals surface area contributed by atoms with Crippen LogP contribution < -0.4 is 11.2 Å². The lowest BCUT2D eigenvalue weighted by molar-refractivity contribution is -0.167. The number of aliphatic hydroxyl groups excluding tert-OH is 1. The van der Waals surface area contributed by atoms with E-state index in [1.54, 1.807) is 41.5 Å². The van der Waals surface area contributed by atoms with E-state index in [1.165, 1.54) is 6.92 Å². The lowest BCUT2D eigenvalue weighted by Crippen LogP contribution is -2.50. The summed E-state index contributed by atoms with van der Waals surface area (Å²) in [4.78, 5) is 49.0. The molecule has 1 aromatic heterocycles. The Morgan fingerprint density at radius 2 is 1.47 bits per heavy atom. The number of hydrogen-bond donors (Lipinski definition) is 2. The fourth-order valence-corrected chi connectivity index (χ4v) is 3.37. The average molecular weight is 571 g/mol. The Bertz CT molecular complexity index is 1090. The summed E-state index contributed by atoms with van der Waals surface area (Å²) in [6.07, 6.45) is -3.72. The van der Waals surface area contributed by atoms with Crippen molar-refractivity contribution in [2.24, 2.45) is 10.8 Å². The van der Waals surface area contributed by atoms with E-state index in [4.69, 9.17) is 27.8 Å². The van der Waals surface area contributed by atoms with E-state index in [-0.39, 0.29) is 0 Å². The Morgan fingerprint density at radius 3 is 1.87 bits per heavy atom. The van der Waals surface area contributed by atoms with Gasteiger partial charge in [-0.3, -0.25) is 28.5 Å². The molecule has 14 nitrogen and oxygen atoms in total. The van der Waals surface area contributed by atoms with Gasteiger partial charge >= 0.3 is 25.5 Å². The number of H-pyrrole nitrogens is 1. The zero-order chi connectivity index (χ0) is 29.5. The average Bonchev–Trinajstić information content (AvgIpc) is 2.80. The van der Waals surface area contributed by atoms with Crippen LogP contribution in [0, 0.1) is 10.8 Å². The summed E-state index contributed by atoms with van der Waals surface area (Å²) < 4.78 is 58.9. The standard InChI is InChI=1S/C22H36FN2O12P/c1-20(2,3)17(28)33-12-36-38(31,37-13-34-18(29)21(4,5)6)35-11-22(7,32-8)15(27)16(23)25-10-9-14(26)24-19(25)30/h9-10,15-16,27H,11-13H2,1-8H3,(H,24,26,30)/t15-,16-,22+/m0/s1. The topological polar surface area (TPSA) is 182 Å². The molecule has 0 unspecified atom stereocenters. The van der Waals surface area contributed by atoms with Crippen LogP contribution in [0.2, 0.25) is 0 Å². The molecule has 0 saturated carbocycles. The van der Waals surface area contributed by atoms with Gasteiger partial charge < -0.3 is 19.3 Å². The molecule has 0 amide bonds. The van der Waals surface area contributed by atoms with E-state index in [1.807, 2.05) is 4.98 Å². The van der Waals surface area contributed by atoms with Crippen molar-refractivity contribution in [2.45, 2.75) is 66.5 Å². The van der Waals surface area contributed by atoms with E-state index < -0.39 is 80.0 Å². The molecule has 2 N–H and O–H groups in total. The predicted molar refractivity (Wildman–Crippen MR) is 129 cm³/mol. The van der Waals surface area contributed by atoms with Gasteiger partial charge in [-0.05, 0) is 48.5 Å². The molecule has 0 fully saturated rings. The highest BCUT2D eigenvalue weighted by molar-refractivity contribution is 7.48. The van der Waals surface area contributed by atoms with E-state index in [2.05, 4.69) is 0 Å². The second kappa shape index (κ2) is 13.1. The number of rotatable bonds is 13. The van der Waals surface area contributed by atoms with E-state index in [0.29, 0.717) is 4.57 Å². The van der Waals surface area contributed by atoms with Gasteiger partial charge in [-0.15, -0.1) is 0 Å². The fourth-order valence-electron chi connectivity index (χ4n) is 2.37. The molecule has 3 atom stereocenters. The number of hydrogen-bond acceptors (Lipinski definition) is 12. The first kappa shape index (κ1) is 33.6. The maximum atomic E-state index is 15.0. The maximum absolute atomic E-state index is 15.0. The molecule has 1 rings (SSSR count). The summed E-state index contributed by atoms with van der Waals surface area (Å²) in [7, 11) is -3.61. The number of carbonyl (C=O) groups is 2. The SMILES string of the molecule is CO[C@](C)(COP(=O)(OCOC(=O)C(C)(C)C)OCOC(=O)C(C)(C)C)[C@@H](O)[C@@H](F)n1ccc(=O)[nH]c1=O. The lowest BCUT2D eigenvalue weighted by atomic mass is 9.98. The van der Waals surface area contributed by atoms with Crippen molar-refractivity contribution >= 4 is 19.8 Å². The summed E-state index contributed by atoms with van der Waals surface area (Å²) >= 11 is 0. The number of nitrogens with zero attached hydrogens (tertiary/aromatic N) is 1. The number of phosphoric acid groups is 1. The molecule has 0 saturated heterocycles. The first-order valence-electron chi connectivity index (χ1n) is 11.3. The minimum atomic E-state index is -4.69. The van der Waals surface area contributed by atoms with Gasteiger partial charge in [0, 0.05) is 19.4 Å². The Morgan fingerprint density at radius 1 is 1.00 bits per heavy atom. The fraction of sp³-hybridized carbons (Fsp3) is 0.727. The van der Waals surface area contributed by atoms with Gasteiger partial charge in [0.1, 0.15) is 11.7 Å². The number of aromatic amines is 1. The van der Waals surface area contributed by atoms with E-state index >= 15 is 4.39 Å². The van der Waals surface area contributed by atoms with Crippen LogP contribution in [0.15, 0.2) is 21.9 Å². The molecule has 0 spiro atoms. The number of halogens is 1. The smallest absolute Gasteiger partial charge is 0.437 e. The van der Waals surface area contributed by atoms with Crippen LogP contribution in [0.5, 0.6) is 0 Å². The van der Waals surface area contributed by atoms with Crippen LogP contribution in [-0.4, -0.2) is 65.6 Å². The van der Waals surface area contributed by atoms with Gasteiger partial charge in [0.05, 0.1) is 17.4 Å². The molecule has 0 aliphatic carbocycles.